The van der Waals surface area contributed by atoms with E-state index in [1.165, 1.54) is 19.3 Å². The molecule has 0 unspecified atom stereocenters. The highest BCUT2D eigenvalue weighted by Gasteiger charge is 2.17. The van der Waals surface area contributed by atoms with E-state index in [4.69, 9.17) is 14.5 Å². The zero-order valence-corrected chi connectivity index (χ0v) is 14.5. The summed E-state index contributed by atoms with van der Waals surface area (Å²) in [5, 5.41) is 3.34. The number of aryl methyl sites for hydroxylation is 2. The molecule has 0 saturated heterocycles. The predicted octanol–water partition coefficient (Wildman–Crippen LogP) is 3.31. The molecule has 2 aromatic heterocycles. The predicted molar refractivity (Wildman–Crippen MR) is 95.7 cm³/mol. The third kappa shape index (κ3) is 2.86. The highest BCUT2D eigenvalue weighted by Crippen LogP contribution is 2.32. The van der Waals surface area contributed by atoms with Crippen molar-refractivity contribution >= 4 is 22.7 Å². The second-order valence-corrected chi connectivity index (χ2v) is 6.08. The van der Waals surface area contributed by atoms with Gasteiger partial charge < -0.3 is 19.4 Å². The first kappa shape index (κ1) is 15.7. The van der Waals surface area contributed by atoms with E-state index >= 15 is 0 Å². The molecular weight excluding hydrogens is 318 g/mol. The van der Waals surface area contributed by atoms with Crippen LogP contribution in [0.25, 0.3) is 11.2 Å². The average molecular weight is 339 g/mol. The molecule has 0 atom stereocenters. The lowest BCUT2D eigenvalue weighted by atomic mass is 10.2. The topological polar surface area (TPSA) is 74.1 Å². The maximum atomic E-state index is 5.36. The molecule has 1 aliphatic heterocycles. The molecule has 3 aromatic rings. The highest BCUT2D eigenvalue weighted by molar-refractivity contribution is 5.85. The molecule has 0 fully saturated rings. The van der Waals surface area contributed by atoms with Crippen LogP contribution in [-0.2, 0) is 13.0 Å². The Hall–Kier alpha value is -2.83. The van der Waals surface area contributed by atoms with Gasteiger partial charge in [0, 0.05) is 24.7 Å². The fourth-order valence-corrected chi connectivity index (χ4v) is 3.28. The summed E-state index contributed by atoms with van der Waals surface area (Å²) < 4.78 is 12.9. The minimum atomic E-state index is 0.665. The number of hydrogen-bond acceptors (Lipinski definition) is 6. The quantitative estimate of drug-likeness (QED) is 0.786. The van der Waals surface area contributed by atoms with Crippen LogP contribution >= 0.6 is 0 Å². The van der Waals surface area contributed by atoms with Crippen molar-refractivity contribution in [2.24, 2.45) is 0 Å². The molecule has 7 nitrogen and oxygen atoms in total. The summed E-state index contributed by atoms with van der Waals surface area (Å²) in [7, 11) is 3.24. The number of methoxy groups -OCH3 is 2. The van der Waals surface area contributed by atoms with Gasteiger partial charge in [0.25, 0.3) is 0 Å². The van der Waals surface area contributed by atoms with Crippen molar-refractivity contribution in [2.75, 3.05) is 19.5 Å². The fraction of sp³-hybridized carbons (Fsp3) is 0.389. The number of hydrogen-bond donors (Lipinski definition) is 1. The monoisotopic (exact) mass is 339 g/mol. The summed E-state index contributed by atoms with van der Waals surface area (Å²) >= 11 is 0. The summed E-state index contributed by atoms with van der Waals surface area (Å²) in [6.45, 7) is 0.971. The van der Waals surface area contributed by atoms with Gasteiger partial charge in [-0.25, -0.2) is 15.0 Å². The van der Waals surface area contributed by atoms with Gasteiger partial charge in [0.1, 0.15) is 12.2 Å². The maximum absolute atomic E-state index is 5.36. The van der Waals surface area contributed by atoms with Gasteiger partial charge in [0.15, 0.2) is 28.5 Å². The second kappa shape index (κ2) is 6.58. The van der Waals surface area contributed by atoms with E-state index in [1.54, 1.807) is 20.5 Å². The minimum Gasteiger partial charge on any atom is -0.493 e. The number of ether oxygens (including phenoxy) is 2. The van der Waals surface area contributed by atoms with E-state index in [-0.39, 0.29) is 0 Å². The molecule has 1 N–H and O–H groups in total. The SMILES string of the molecule is COc1ccc(Nc2ncnc3c2nc2n3CCCCC2)cc1OC. The van der Waals surface area contributed by atoms with Crippen LogP contribution in [0, 0.1) is 0 Å². The summed E-state index contributed by atoms with van der Waals surface area (Å²) in [4.78, 5) is 13.7. The van der Waals surface area contributed by atoms with E-state index in [1.807, 2.05) is 18.2 Å². The van der Waals surface area contributed by atoms with Crippen molar-refractivity contribution in [2.45, 2.75) is 32.2 Å². The molecule has 0 spiro atoms. The second-order valence-electron chi connectivity index (χ2n) is 6.08. The number of fused-ring (bicyclic) bond motifs is 3. The number of anilines is 2. The Bertz CT molecular complexity index is 906. The van der Waals surface area contributed by atoms with Gasteiger partial charge in [0.2, 0.25) is 0 Å². The lowest BCUT2D eigenvalue weighted by Gasteiger charge is -2.11. The van der Waals surface area contributed by atoms with E-state index in [9.17, 15) is 0 Å². The summed E-state index contributed by atoms with van der Waals surface area (Å²) in [5.41, 5.74) is 2.57. The molecule has 4 rings (SSSR count). The van der Waals surface area contributed by atoms with Crippen LogP contribution in [0.1, 0.15) is 25.1 Å². The first-order chi connectivity index (χ1) is 12.3. The number of rotatable bonds is 4. The van der Waals surface area contributed by atoms with Crippen molar-refractivity contribution < 1.29 is 9.47 Å². The molecule has 7 heteroatoms. The van der Waals surface area contributed by atoms with E-state index in [0.717, 1.165) is 35.6 Å². The number of nitrogens with zero attached hydrogens (tertiary/aromatic N) is 4. The average Bonchev–Trinajstić information content (AvgIpc) is 2.84. The molecule has 3 heterocycles. The van der Waals surface area contributed by atoms with Crippen molar-refractivity contribution in [3.8, 4) is 11.5 Å². The van der Waals surface area contributed by atoms with Gasteiger partial charge in [-0.05, 0) is 25.0 Å². The molecule has 1 aromatic carbocycles. The molecule has 1 aliphatic rings. The lowest BCUT2D eigenvalue weighted by molar-refractivity contribution is 0.355. The van der Waals surface area contributed by atoms with Crippen LogP contribution < -0.4 is 14.8 Å². The minimum absolute atomic E-state index is 0.665. The Balaban J connectivity index is 1.72. The molecule has 25 heavy (non-hydrogen) atoms. The number of benzene rings is 1. The van der Waals surface area contributed by atoms with Crippen molar-refractivity contribution in [1.82, 2.24) is 19.5 Å². The van der Waals surface area contributed by atoms with Gasteiger partial charge in [-0.15, -0.1) is 0 Å². The van der Waals surface area contributed by atoms with Gasteiger partial charge in [-0.2, -0.15) is 0 Å². The van der Waals surface area contributed by atoms with Crippen LogP contribution in [0.3, 0.4) is 0 Å². The Morgan fingerprint density at radius 1 is 1.04 bits per heavy atom. The smallest absolute Gasteiger partial charge is 0.165 e. The van der Waals surface area contributed by atoms with E-state index in [2.05, 4.69) is 19.9 Å². The first-order valence-electron chi connectivity index (χ1n) is 8.49. The van der Waals surface area contributed by atoms with Crippen molar-refractivity contribution in [3.05, 3.63) is 30.4 Å². The summed E-state index contributed by atoms with van der Waals surface area (Å²) in [6, 6.07) is 5.67. The standard InChI is InChI=1S/C18H21N5O2/c1-24-13-8-7-12(10-14(13)25-2)21-17-16-18(20-11-19-17)23-9-5-3-4-6-15(23)22-16/h7-8,10-11H,3-6,9H2,1-2H3,(H,19,20,21). The van der Waals surface area contributed by atoms with E-state index < -0.39 is 0 Å². The molecule has 0 radical (unpaired) electrons. The molecule has 0 bridgehead atoms. The summed E-state index contributed by atoms with van der Waals surface area (Å²) in [5.74, 6) is 3.16. The van der Waals surface area contributed by atoms with E-state index in [0.29, 0.717) is 17.3 Å². The molecule has 130 valence electrons. The first-order valence-corrected chi connectivity index (χ1v) is 8.49. The maximum Gasteiger partial charge on any atom is 0.165 e. The van der Waals surface area contributed by atoms with Crippen LogP contribution in [0.2, 0.25) is 0 Å². The largest absolute Gasteiger partial charge is 0.493 e. The van der Waals surface area contributed by atoms with Crippen LogP contribution in [0.5, 0.6) is 11.5 Å². The number of imidazole rings is 1. The highest BCUT2D eigenvalue weighted by atomic mass is 16.5. The van der Waals surface area contributed by atoms with Gasteiger partial charge in [-0.3, -0.25) is 0 Å². The molecule has 0 saturated carbocycles. The Labute approximate surface area is 146 Å². The van der Waals surface area contributed by atoms with Crippen molar-refractivity contribution in [1.29, 1.82) is 0 Å². The Morgan fingerprint density at radius 2 is 1.92 bits per heavy atom. The van der Waals surface area contributed by atoms with Crippen LogP contribution in [0.4, 0.5) is 11.5 Å². The zero-order chi connectivity index (χ0) is 17.2. The molecule has 0 amide bonds. The number of aromatic nitrogens is 4. The normalized spacial score (nSPS) is 14.0. The Morgan fingerprint density at radius 3 is 2.76 bits per heavy atom. The van der Waals surface area contributed by atoms with Crippen LogP contribution in [0.15, 0.2) is 24.5 Å². The third-order valence-corrected chi connectivity index (χ3v) is 4.54. The van der Waals surface area contributed by atoms with Gasteiger partial charge >= 0.3 is 0 Å². The third-order valence-electron chi connectivity index (χ3n) is 4.54. The van der Waals surface area contributed by atoms with Gasteiger partial charge in [0.05, 0.1) is 14.2 Å². The van der Waals surface area contributed by atoms with Gasteiger partial charge in [-0.1, -0.05) is 6.42 Å². The Kier molecular flexibility index (Phi) is 4.13. The van der Waals surface area contributed by atoms with Crippen molar-refractivity contribution in [3.63, 3.8) is 0 Å². The molecule has 0 aliphatic carbocycles. The summed E-state index contributed by atoms with van der Waals surface area (Å²) in [6.07, 6.45) is 6.17. The molecular formula is C18H21N5O2. The zero-order valence-electron chi connectivity index (χ0n) is 14.5. The fourth-order valence-electron chi connectivity index (χ4n) is 3.28. The van der Waals surface area contributed by atoms with Crippen LogP contribution in [-0.4, -0.2) is 33.7 Å². The lowest BCUT2D eigenvalue weighted by Crippen LogP contribution is -2.02. The number of nitrogens with one attached hydrogen (secondary N) is 1.